The van der Waals surface area contributed by atoms with Crippen LogP contribution in [0.3, 0.4) is 0 Å². The molecule has 1 amide bonds. The van der Waals surface area contributed by atoms with E-state index in [1.54, 1.807) is 0 Å². The highest BCUT2D eigenvalue weighted by atomic mass is 19.4. The summed E-state index contributed by atoms with van der Waals surface area (Å²) in [4.78, 5) is 12.0. The number of nitriles is 1. The third-order valence-electron chi connectivity index (χ3n) is 3.11. The van der Waals surface area contributed by atoms with E-state index >= 15 is 0 Å². The molecule has 24 heavy (non-hydrogen) atoms. The molecular formula is C14H13F3N6O. The van der Waals surface area contributed by atoms with Crippen molar-refractivity contribution in [2.45, 2.75) is 18.8 Å². The molecule has 1 aromatic heterocycles. The highest BCUT2D eigenvalue weighted by molar-refractivity contribution is 5.92. The molecule has 0 saturated carbocycles. The number of nitrogens with one attached hydrogen (secondary N) is 1. The number of hydrogen-bond acceptors (Lipinski definition) is 5. The lowest BCUT2D eigenvalue weighted by Gasteiger charge is -2.12. The highest BCUT2D eigenvalue weighted by Gasteiger charge is 2.30. The van der Waals surface area contributed by atoms with E-state index in [1.807, 2.05) is 6.07 Å². The molecule has 126 valence electrons. The predicted octanol–water partition coefficient (Wildman–Crippen LogP) is 1.25. The lowest BCUT2D eigenvalue weighted by atomic mass is 10.1. The summed E-state index contributed by atoms with van der Waals surface area (Å²) in [6, 6.07) is 4.69. The Morgan fingerprint density at radius 3 is 2.58 bits per heavy atom. The number of nitrogens with zero attached hydrogens (tertiary/aromatic N) is 4. The summed E-state index contributed by atoms with van der Waals surface area (Å²) in [6.07, 6.45) is -3.10. The summed E-state index contributed by atoms with van der Waals surface area (Å²) >= 11 is 0. The second kappa shape index (κ2) is 7.10. The number of nitrogens with two attached hydrogens (primary N) is 1. The third-order valence-corrected chi connectivity index (χ3v) is 3.11. The molecule has 0 aliphatic carbocycles. The molecule has 0 aliphatic rings. The molecule has 1 heterocycles. The first kappa shape index (κ1) is 17.4. The fourth-order valence-corrected chi connectivity index (χ4v) is 1.90. The van der Waals surface area contributed by atoms with Crippen molar-refractivity contribution in [1.29, 1.82) is 5.26 Å². The van der Waals surface area contributed by atoms with Crippen LogP contribution in [-0.2, 0) is 12.7 Å². The van der Waals surface area contributed by atoms with E-state index in [4.69, 9.17) is 11.0 Å². The Bertz CT molecular complexity index is 747. The van der Waals surface area contributed by atoms with Crippen molar-refractivity contribution in [2.24, 2.45) is 5.73 Å². The van der Waals surface area contributed by atoms with Crippen LogP contribution in [0, 0.1) is 11.3 Å². The minimum absolute atomic E-state index is 0.0180. The number of halogens is 3. The van der Waals surface area contributed by atoms with E-state index in [2.05, 4.69) is 15.6 Å². The number of hydrogen-bond donors (Lipinski definition) is 2. The van der Waals surface area contributed by atoms with Crippen molar-refractivity contribution in [2.75, 3.05) is 6.54 Å². The van der Waals surface area contributed by atoms with Crippen LogP contribution >= 0.6 is 0 Å². The average molecular weight is 338 g/mol. The van der Waals surface area contributed by atoms with Crippen molar-refractivity contribution in [3.63, 3.8) is 0 Å². The Hall–Kier alpha value is -2.93. The van der Waals surface area contributed by atoms with E-state index in [0.29, 0.717) is 13.1 Å². The number of aromatic nitrogens is 3. The van der Waals surface area contributed by atoms with Gasteiger partial charge in [0.05, 0.1) is 24.4 Å². The molecule has 3 N–H and O–H groups in total. The molecule has 0 radical (unpaired) electrons. The minimum Gasteiger partial charge on any atom is -0.331 e. The maximum atomic E-state index is 12.5. The molecule has 2 aromatic rings. The van der Waals surface area contributed by atoms with Gasteiger partial charge in [0.2, 0.25) is 0 Å². The van der Waals surface area contributed by atoms with Crippen LogP contribution in [0.1, 0.15) is 27.7 Å². The highest BCUT2D eigenvalue weighted by Crippen LogP contribution is 2.29. The number of alkyl halides is 3. The zero-order valence-electron chi connectivity index (χ0n) is 12.3. The Morgan fingerprint density at radius 2 is 2.04 bits per heavy atom. The summed E-state index contributed by atoms with van der Waals surface area (Å²) < 4.78 is 39.0. The van der Waals surface area contributed by atoms with Crippen molar-refractivity contribution in [3.8, 4) is 6.07 Å². The molecule has 7 nitrogen and oxygen atoms in total. The van der Waals surface area contributed by atoms with Gasteiger partial charge in [-0.2, -0.15) is 18.4 Å². The van der Waals surface area contributed by atoms with Crippen molar-refractivity contribution < 1.29 is 18.0 Å². The molecular weight excluding hydrogens is 325 g/mol. The predicted molar refractivity (Wildman–Crippen MR) is 76.3 cm³/mol. The Kier molecular flexibility index (Phi) is 5.15. The largest absolute Gasteiger partial charge is 0.416 e. The molecule has 0 spiro atoms. The van der Waals surface area contributed by atoms with Gasteiger partial charge in [-0.15, -0.1) is 5.10 Å². The lowest BCUT2D eigenvalue weighted by Crippen LogP contribution is -2.28. The summed E-state index contributed by atoms with van der Waals surface area (Å²) in [7, 11) is 0. The number of benzene rings is 1. The van der Waals surface area contributed by atoms with Gasteiger partial charge >= 0.3 is 6.18 Å². The van der Waals surface area contributed by atoms with Crippen molar-refractivity contribution in [1.82, 2.24) is 20.3 Å². The number of rotatable bonds is 5. The van der Waals surface area contributed by atoms with Crippen LogP contribution in [-0.4, -0.2) is 27.4 Å². The van der Waals surface area contributed by atoms with Crippen LogP contribution in [0.4, 0.5) is 13.2 Å². The zero-order valence-corrected chi connectivity index (χ0v) is 12.3. The molecule has 2 rings (SSSR count). The minimum atomic E-state index is -4.47. The molecule has 1 aromatic carbocycles. The van der Waals surface area contributed by atoms with Crippen LogP contribution in [0.15, 0.2) is 30.5 Å². The van der Waals surface area contributed by atoms with E-state index in [0.717, 1.165) is 24.3 Å². The summed E-state index contributed by atoms with van der Waals surface area (Å²) in [5.74, 6) is -0.662. The maximum absolute atomic E-state index is 12.5. The van der Waals surface area contributed by atoms with Crippen LogP contribution in [0.5, 0.6) is 0 Å². The number of amides is 1. The topological polar surface area (TPSA) is 110 Å². The van der Waals surface area contributed by atoms with Gasteiger partial charge in [-0.25, -0.2) is 0 Å². The van der Waals surface area contributed by atoms with Gasteiger partial charge in [0.15, 0.2) is 5.69 Å². The van der Waals surface area contributed by atoms with E-state index in [-0.39, 0.29) is 11.3 Å². The van der Waals surface area contributed by atoms with Crippen LogP contribution in [0.25, 0.3) is 0 Å². The fourth-order valence-electron chi connectivity index (χ4n) is 1.90. The zero-order chi connectivity index (χ0) is 17.7. The van der Waals surface area contributed by atoms with Crippen LogP contribution < -0.4 is 11.1 Å². The lowest BCUT2D eigenvalue weighted by molar-refractivity contribution is -0.137. The van der Waals surface area contributed by atoms with E-state index in [1.165, 1.54) is 10.9 Å². The van der Waals surface area contributed by atoms with Gasteiger partial charge in [0.1, 0.15) is 6.04 Å². The SMILES string of the molecule is N#CC(NC(=O)c1cn(CCN)nn1)c1ccc(C(F)(F)F)cc1. The molecule has 0 bridgehead atoms. The van der Waals surface area contributed by atoms with Gasteiger partial charge in [-0.1, -0.05) is 17.3 Å². The number of carbonyl (C=O) groups is 1. The first-order valence-corrected chi connectivity index (χ1v) is 6.83. The third kappa shape index (κ3) is 4.08. The van der Waals surface area contributed by atoms with E-state index < -0.39 is 23.7 Å². The van der Waals surface area contributed by atoms with Crippen LogP contribution in [0.2, 0.25) is 0 Å². The van der Waals surface area contributed by atoms with Gasteiger partial charge in [-0.3, -0.25) is 9.48 Å². The Balaban J connectivity index is 2.11. The average Bonchev–Trinajstić information content (AvgIpc) is 3.01. The van der Waals surface area contributed by atoms with Crippen molar-refractivity contribution in [3.05, 3.63) is 47.3 Å². The standard InChI is InChI=1S/C14H13F3N6O/c15-14(16,17)10-3-1-9(2-4-10)11(7-19)20-13(24)12-8-23(6-5-18)22-21-12/h1-4,8,11H,5-6,18H2,(H,20,24). The summed E-state index contributed by atoms with van der Waals surface area (Å²) in [5, 5.41) is 18.9. The molecule has 1 unspecified atom stereocenters. The second-order valence-corrected chi connectivity index (χ2v) is 4.81. The Morgan fingerprint density at radius 1 is 1.38 bits per heavy atom. The van der Waals surface area contributed by atoms with Gasteiger partial charge in [-0.05, 0) is 17.7 Å². The van der Waals surface area contributed by atoms with Gasteiger partial charge in [0, 0.05) is 6.54 Å². The summed E-state index contributed by atoms with van der Waals surface area (Å²) in [5.41, 5.74) is 4.73. The monoisotopic (exact) mass is 338 g/mol. The van der Waals surface area contributed by atoms with Crippen molar-refractivity contribution >= 4 is 5.91 Å². The molecule has 0 fully saturated rings. The normalized spacial score (nSPS) is 12.5. The summed E-state index contributed by atoms with van der Waals surface area (Å²) in [6.45, 7) is 0.692. The smallest absolute Gasteiger partial charge is 0.331 e. The van der Waals surface area contributed by atoms with Gasteiger partial charge in [0.25, 0.3) is 5.91 Å². The molecule has 0 aliphatic heterocycles. The first-order chi connectivity index (χ1) is 11.3. The molecule has 0 saturated heterocycles. The van der Waals surface area contributed by atoms with E-state index in [9.17, 15) is 18.0 Å². The van der Waals surface area contributed by atoms with Gasteiger partial charge < -0.3 is 11.1 Å². The number of carbonyl (C=O) groups excluding carboxylic acids is 1. The maximum Gasteiger partial charge on any atom is 0.416 e. The molecule has 1 atom stereocenters. The second-order valence-electron chi connectivity index (χ2n) is 4.81. The quantitative estimate of drug-likeness (QED) is 0.853. The first-order valence-electron chi connectivity index (χ1n) is 6.83. The molecule has 10 heteroatoms. The fraction of sp³-hybridized carbons (Fsp3) is 0.286. The Labute approximate surface area is 134 Å².